The molecule has 0 saturated heterocycles. The van der Waals surface area contributed by atoms with E-state index in [-0.39, 0.29) is 12.4 Å². The van der Waals surface area contributed by atoms with E-state index in [1.54, 1.807) is 19.3 Å². The third-order valence-electron chi connectivity index (χ3n) is 4.73. The molecule has 1 N–H and O–H groups in total. The summed E-state index contributed by atoms with van der Waals surface area (Å²) in [6.07, 6.45) is 2.07. The van der Waals surface area contributed by atoms with E-state index >= 15 is 0 Å². The van der Waals surface area contributed by atoms with Gasteiger partial charge in [0.05, 0.1) is 0 Å². The minimum absolute atomic E-state index is 0.236. The molecule has 7 heteroatoms. The fourth-order valence-electron chi connectivity index (χ4n) is 3.29. The Morgan fingerprint density at radius 1 is 1.21 bits per heavy atom. The maximum absolute atomic E-state index is 12.8. The molecule has 0 amide bonds. The Bertz CT molecular complexity index is 686. The van der Waals surface area contributed by atoms with Crippen LogP contribution >= 0.6 is 0 Å². The van der Waals surface area contributed by atoms with Crippen LogP contribution in [0.5, 0.6) is 0 Å². The summed E-state index contributed by atoms with van der Waals surface area (Å²) in [5.74, 6) is 0.994. The predicted octanol–water partition coefficient (Wildman–Crippen LogP) is 3.77. The molecule has 0 unspecified atom stereocenters. The summed E-state index contributed by atoms with van der Waals surface area (Å²) in [7, 11) is 1.54. The zero-order chi connectivity index (χ0) is 17.3. The minimum Gasteiger partial charge on any atom is -0.396 e. The Labute approximate surface area is 138 Å². The highest BCUT2D eigenvalue weighted by atomic mass is 19.4. The van der Waals surface area contributed by atoms with Gasteiger partial charge in [0.15, 0.2) is 5.69 Å². The number of imidazole rings is 1. The lowest BCUT2D eigenvalue weighted by atomic mass is 9.80. The Morgan fingerprint density at radius 2 is 1.92 bits per heavy atom. The molecule has 24 heavy (non-hydrogen) atoms. The Morgan fingerprint density at radius 3 is 2.42 bits per heavy atom. The average molecular weight is 339 g/mol. The van der Waals surface area contributed by atoms with Gasteiger partial charge in [-0.1, -0.05) is 0 Å². The van der Waals surface area contributed by atoms with Gasteiger partial charge in [0.25, 0.3) is 0 Å². The first-order valence-corrected chi connectivity index (χ1v) is 8.06. The molecule has 0 atom stereocenters. The summed E-state index contributed by atoms with van der Waals surface area (Å²) in [5.41, 5.74) is 0.632. The molecule has 2 aromatic heterocycles. The van der Waals surface area contributed by atoms with Crippen molar-refractivity contribution in [1.29, 1.82) is 0 Å². The van der Waals surface area contributed by atoms with E-state index in [2.05, 4.69) is 9.97 Å². The van der Waals surface area contributed by atoms with Crippen LogP contribution in [0.1, 0.15) is 43.0 Å². The normalized spacial score (nSPS) is 21.9. The van der Waals surface area contributed by atoms with Crippen molar-refractivity contribution in [2.45, 2.75) is 37.8 Å². The van der Waals surface area contributed by atoms with Gasteiger partial charge >= 0.3 is 6.18 Å². The van der Waals surface area contributed by atoms with Gasteiger partial charge in [-0.2, -0.15) is 13.2 Å². The highest BCUT2D eigenvalue weighted by Crippen LogP contribution is 2.35. The molecule has 130 valence electrons. The third-order valence-corrected chi connectivity index (χ3v) is 4.73. The number of aromatic nitrogens is 3. The number of pyridine rings is 1. The molecule has 2 aromatic rings. The number of aliphatic hydroxyl groups is 1. The monoisotopic (exact) mass is 339 g/mol. The standard InChI is InChI=1S/C17H20F3N3O/c1-23-9-15(17(18,19)20)22-16(23)13-6-7-14(21-8-13)12-4-2-11(10-24)3-5-12/h6-9,11-12,24H,2-5,10H2,1H3/t11-,12-. The molecule has 0 bridgehead atoms. The average Bonchev–Trinajstić information content (AvgIpc) is 2.97. The summed E-state index contributed by atoms with van der Waals surface area (Å²) in [5, 5.41) is 9.19. The van der Waals surface area contributed by atoms with Crippen molar-refractivity contribution >= 4 is 0 Å². The number of hydrogen-bond donors (Lipinski definition) is 1. The van der Waals surface area contributed by atoms with Crippen molar-refractivity contribution in [3.05, 3.63) is 35.9 Å². The van der Waals surface area contributed by atoms with Gasteiger partial charge in [-0.3, -0.25) is 4.98 Å². The van der Waals surface area contributed by atoms with Crippen molar-refractivity contribution in [3.63, 3.8) is 0 Å². The van der Waals surface area contributed by atoms with Gasteiger partial charge in [0, 0.05) is 43.2 Å². The number of nitrogens with zero attached hydrogens (tertiary/aromatic N) is 3. The van der Waals surface area contributed by atoms with Gasteiger partial charge < -0.3 is 9.67 Å². The second-order valence-electron chi connectivity index (χ2n) is 6.43. The highest BCUT2D eigenvalue weighted by Gasteiger charge is 2.34. The number of halogens is 3. The Hall–Kier alpha value is -1.89. The highest BCUT2D eigenvalue weighted by molar-refractivity contribution is 5.55. The second kappa shape index (κ2) is 6.55. The van der Waals surface area contributed by atoms with Crippen LogP contribution in [0.4, 0.5) is 13.2 Å². The van der Waals surface area contributed by atoms with E-state index in [0.717, 1.165) is 37.6 Å². The molecule has 1 fully saturated rings. The summed E-state index contributed by atoms with van der Waals surface area (Å²) >= 11 is 0. The summed E-state index contributed by atoms with van der Waals surface area (Å²) < 4.78 is 39.6. The maximum atomic E-state index is 12.8. The summed E-state index contributed by atoms with van der Waals surface area (Å²) in [4.78, 5) is 8.13. The minimum atomic E-state index is -4.45. The van der Waals surface area contributed by atoms with E-state index in [0.29, 0.717) is 17.4 Å². The van der Waals surface area contributed by atoms with Crippen LogP contribution in [0.25, 0.3) is 11.4 Å². The van der Waals surface area contributed by atoms with E-state index in [4.69, 9.17) is 0 Å². The van der Waals surface area contributed by atoms with Gasteiger partial charge in [-0.15, -0.1) is 0 Å². The second-order valence-corrected chi connectivity index (χ2v) is 6.43. The molecule has 2 heterocycles. The van der Waals surface area contributed by atoms with Crippen molar-refractivity contribution in [1.82, 2.24) is 14.5 Å². The van der Waals surface area contributed by atoms with E-state index in [9.17, 15) is 18.3 Å². The molecule has 1 saturated carbocycles. The lowest BCUT2D eigenvalue weighted by molar-refractivity contribution is -0.140. The first kappa shape index (κ1) is 17.0. The van der Waals surface area contributed by atoms with Gasteiger partial charge in [-0.05, 0) is 43.7 Å². The van der Waals surface area contributed by atoms with Gasteiger partial charge in [-0.25, -0.2) is 4.98 Å². The molecule has 0 radical (unpaired) electrons. The maximum Gasteiger partial charge on any atom is 0.434 e. The summed E-state index contributed by atoms with van der Waals surface area (Å²) in [6, 6.07) is 3.66. The predicted molar refractivity (Wildman–Crippen MR) is 83.2 cm³/mol. The molecule has 1 aliphatic carbocycles. The zero-order valence-corrected chi connectivity index (χ0v) is 13.4. The van der Waals surface area contributed by atoms with Crippen LogP contribution in [0.2, 0.25) is 0 Å². The quantitative estimate of drug-likeness (QED) is 0.926. The smallest absolute Gasteiger partial charge is 0.396 e. The van der Waals surface area contributed by atoms with E-state index in [1.807, 2.05) is 6.07 Å². The topological polar surface area (TPSA) is 50.9 Å². The van der Waals surface area contributed by atoms with Crippen molar-refractivity contribution in [2.75, 3.05) is 6.61 Å². The zero-order valence-electron chi connectivity index (χ0n) is 13.4. The first-order valence-electron chi connectivity index (χ1n) is 8.06. The van der Waals surface area contributed by atoms with Crippen molar-refractivity contribution < 1.29 is 18.3 Å². The van der Waals surface area contributed by atoms with E-state index < -0.39 is 11.9 Å². The Kier molecular flexibility index (Phi) is 4.62. The van der Waals surface area contributed by atoms with Gasteiger partial charge in [0.1, 0.15) is 5.82 Å². The van der Waals surface area contributed by atoms with Crippen LogP contribution in [-0.2, 0) is 13.2 Å². The fraction of sp³-hybridized carbons (Fsp3) is 0.529. The first-order chi connectivity index (χ1) is 11.4. The van der Waals surface area contributed by atoms with Crippen molar-refractivity contribution in [3.8, 4) is 11.4 Å². The molecule has 3 rings (SSSR count). The fourth-order valence-corrected chi connectivity index (χ4v) is 3.29. The largest absolute Gasteiger partial charge is 0.434 e. The molecular formula is C17H20F3N3O. The lowest BCUT2D eigenvalue weighted by Crippen LogP contribution is -2.16. The molecule has 0 spiro atoms. The number of alkyl halides is 3. The molecular weight excluding hydrogens is 319 g/mol. The van der Waals surface area contributed by atoms with Crippen LogP contribution in [-0.4, -0.2) is 26.2 Å². The summed E-state index contributed by atoms with van der Waals surface area (Å²) in [6.45, 7) is 0.236. The van der Waals surface area contributed by atoms with E-state index in [1.165, 1.54) is 4.57 Å². The van der Waals surface area contributed by atoms with Crippen LogP contribution in [0, 0.1) is 5.92 Å². The number of rotatable bonds is 3. The third kappa shape index (κ3) is 3.45. The molecule has 0 aliphatic heterocycles. The number of aliphatic hydroxyl groups excluding tert-OH is 1. The van der Waals surface area contributed by atoms with Crippen LogP contribution in [0.3, 0.4) is 0 Å². The molecule has 1 aliphatic rings. The van der Waals surface area contributed by atoms with Crippen molar-refractivity contribution in [2.24, 2.45) is 13.0 Å². The van der Waals surface area contributed by atoms with Gasteiger partial charge in [0.2, 0.25) is 0 Å². The Balaban J connectivity index is 1.77. The SMILES string of the molecule is Cn1cc(C(F)(F)F)nc1-c1ccc([C@H]2CC[C@H](CO)CC2)nc1. The number of hydrogen-bond acceptors (Lipinski definition) is 3. The number of aryl methyl sites for hydroxylation is 1. The molecule has 0 aromatic carbocycles. The van der Waals surface area contributed by atoms with Crippen LogP contribution in [0.15, 0.2) is 24.5 Å². The molecule has 4 nitrogen and oxygen atoms in total. The lowest BCUT2D eigenvalue weighted by Gasteiger charge is -2.26. The van der Waals surface area contributed by atoms with Crippen LogP contribution < -0.4 is 0 Å².